The van der Waals surface area contributed by atoms with Gasteiger partial charge in [0.05, 0.1) is 11.3 Å². The number of carbonyl (C=O) groups excluding carboxylic acids is 2. The van der Waals surface area contributed by atoms with Crippen LogP contribution in [0, 0.1) is 11.6 Å². The van der Waals surface area contributed by atoms with Gasteiger partial charge in [-0.05, 0) is 58.6 Å². The SMILES string of the molecule is CSCC[C@H](NC(=O)c1ccccc1Br)C(=O)Nc1ccc(F)cc1F. The van der Waals surface area contributed by atoms with Crippen molar-refractivity contribution in [1.82, 2.24) is 5.32 Å². The van der Waals surface area contributed by atoms with Crippen LogP contribution < -0.4 is 10.6 Å². The molecule has 0 aliphatic carbocycles. The Hall–Kier alpha value is -1.93. The van der Waals surface area contributed by atoms with Crippen molar-refractivity contribution in [3.05, 3.63) is 64.1 Å². The van der Waals surface area contributed by atoms with E-state index in [-0.39, 0.29) is 5.69 Å². The predicted molar refractivity (Wildman–Crippen MR) is 103 cm³/mol. The van der Waals surface area contributed by atoms with Crippen LogP contribution in [0.1, 0.15) is 16.8 Å². The lowest BCUT2D eigenvalue weighted by molar-refractivity contribution is -0.118. The maximum absolute atomic E-state index is 13.8. The van der Waals surface area contributed by atoms with Crippen molar-refractivity contribution in [2.24, 2.45) is 0 Å². The molecule has 8 heteroatoms. The minimum Gasteiger partial charge on any atom is -0.340 e. The third kappa shape index (κ3) is 5.54. The van der Waals surface area contributed by atoms with Crippen LogP contribution in [-0.4, -0.2) is 29.9 Å². The van der Waals surface area contributed by atoms with Crippen LogP contribution in [0.3, 0.4) is 0 Å². The van der Waals surface area contributed by atoms with Gasteiger partial charge >= 0.3 is 0 Å². The van der Waals surface area contributed by atoms with Crippen LogP contribution in [-0.2, 0) is 4.79 Å². The molecule has 0 bridgehead atoms. The average Bonchev–Trinajstić information content (AvgIpc) is 2.61. The standard InChI is InChI=1S/C18H17BrF2N2O2S/c1-26-9-8-16(23-17(24)12-4-2-3-5-13(12)19)18(25)22-15-7-6-11(20)10-14(15)21/h2-7,10,16H,8-9H2,1H3,(H,22,25)(H,23,24)/t16-/m0/s1. The minimum atomic E-state index is -0.876. The maximum atomic E-state index is 13.8. The zero-order valence-electron chi connectivity index (χ0n) is 13.9. The molecule has 2 amide bonds. The van der Waals surface area contributed by atoms with Crippen molar-refractivity contribution in [2.45, 2.75) is 12.5 Å². The summed E-state index contributed by atoms with van der Waals surface area (Å²) in [4.78, 5) is 25.0. The summed E-state index contributed by atoms with van der Waals surface area (Å²) in [6.45, 7) is 0. The Morgan fingerprint density at radius 3 is 2.58 bits per heavy atom. The minimum absolute atomic E-state index is 0.138. The number of carbonyl (C=O) groups is 2. The van der Waals surface area contributed by atoms with Crippen molar-refractivity contribution in [3.63, 3.8) is 0 Å². The van der Waals surface area contributed by atoms with E-state index >= 15 is 0 Å². The van der Waals surface area contributed by atoms with Gasteiger partial charge in [-0.2, -0.15) is 11.8 Å². The van der Waals surface area contributed by atoms with Gasteiger partial charge in [-0.1, -0.05) is 12.1 Å². The first-order chi connectivity index (χ1) is 12.4. The molecule has 0 spiro atoms. The molecule has 0 saturated carbocycles. The fourth-order valence-electron chi connectivity index (χ4n) is 2.20. The Kier molecular flexibility index (Phi) is 7.59. The molecular weight excluding hydrogens is 426 g/mol. The zero-order valence-corrected chi connectivity index (χ0v) is 16.3. The molecule has 2 aromatic carbocycles. The summed E-state index contributed by atoms with van der Waals surface area (Å²) in [7, 11) is 0. The van der Waals surface area contributed by atoms with E-state index in [1.807, 2.05) is 6.26 Å². The van der Waals surface area contributed by atoms with Crippen LogP contribution in [0.25, 0.3) is 0 Å². The number of amides is 2. The van der Waals surface area contributed by atoms with Crippen molar-refractivity contribution in [1.29, 1.82) is 0 Å². The third-order valence-corrected chi connectivity index (χ3v) is 4.88. The molecule has 2 aromatic rings. The van der Waals surface area contributed by atoms with Crippen molar-refractivity contribution in [3.8, 4) is 0 Å². The molecule has 0 aliphatic heterocycles. The second-order valence-electron chi connectivity index (χ2n) is 5.40. The van der Waals surface area contributed by atoms with Gasteiger partial charge in [0.1, 0.15) is 17.7 Å². The second kappa shape index (κ2) is 9.68. The number of hydrogen-bond donors (Lipinski definition) is 2. The highest BCUT2D eigenvalue weighted by molar-refractivity contribution is 9.10. The van der Waals surface area contributed by atoms with Gasteiger partial charge in [-0.3, -0.25) is 9.59 Å². The third-order valence-electron chi connectivity index (χ3n) is 3.54. The number of benzene rings is 2. The lowest BCUT2D eigenvalue weighted by atomic mass is 10.1. The van der Waals surface area contributed by atoms with Crippen LogP contribution in [0.2, 0.25) is 0 Å². The number of anilines is 1. The van der Waals surface area contributed by atoms with E-state index in [2.05, 4.69) is 26.6 Å². The Morgan fingerprint density at radius 2 is 1.92 bits per heavy atom. The summed E-state index contributed by atoms with van der Waals surface area (Å²) in [6.07, 6.45) is 2.25. The lowest BCUT2D eigenvalue weighted by Crippen LogP contribution is -2.44. The van der Waals surface area contributed by atoms with Gasteiger partial charge in [0, 0.05) is 10.5 Å². The van der Waals surface area contributed by atoms with Gasteiger partial charge in [-0.15, -0.1) is 0 Å². The summed E-state index contributed by atoms with van der Waals surface area (Å²) in [5, 5.41) is 5.07. The molecule has 2 rings (SSSR count). The van der Waals surface area contributed by atoms with E-state index in [4.69, 9.17) is 0 Å². The molecule has 0 heterocycles. The second-order valence-corrected chi connectivity index (χ2v) is 7.24. The highest BCUT2D eigenvalue weighted by atomic mass is 79.9. The number of hydrogen-bond acceptors (Lipinski definition) is 3. The zero-order chi connectivity index (χ0) is 19.1. The van der Waals surface area contributed by atoms with Crippen LogP contribution in [0.4, 0.5) is 14.5 Å². The number of nitrogens with one attached hydrogen (secondary N) is 2. The van der Waals surface area contributed by atoms with Gasteiger partial charge < -0.3 is 10.6 Å². The molecule has 2 N–H and O–H groups in total. The molecule has 4 nitrogen and oxygen atoms in total. The van der Waals surface area contributed by atoms with E-state index in [9.17, 15) is 18.4 Å². The van der Waals surface area contributed by atoms with Crippen LogP contribution in [0.5, 0.6) is 0 Å². The quantitative estimate of drug-likeness (QED) is 0.674. The van der Waals surface area contributed by atoms with Crippen molar-refractivity contribution in [2.75, 3.05) is 17.3 Å². The molecule has 0 unspecified atom stereocenters. The van der Waals surface area contributed by atoms with Gasteiger partial charge in [0.2, 0.25) is 5.91 Å². The normalized spacial score (nSPS) is 11.7. The largest absolute Gasteiger partial charge is 0.340 e. The highest BCUT2D eigenvalue weighted by Crippen LogP contribution is 2.18. The van der Waals surface area contributed by atoms with Gasteiger partial charge in [-0.25, -0.2) is 8.78 Å². The monoisotopic (exact) mass is 442 g/mol. The van der Waals surface area contributed by atoms with E-state index in [1.165, 1.54) is 11.8 Å². The molecule has 0 aliphatic rings. The van der Waals surface area contributed by atoms with Gasteiger partial charge in [0.15, 0.2) is 0 Å². The summed E-state index contributed by atoms with van der Waals surface area (Å²) >= 11 is 4.82. The average molecular weight is 443 g/mol. The summed E-state index contributed by atoms with van der Waals surface area (Å²) in [6, 6.07) is 8.86. The number of rotatable bonds is 7. The van der Waals surface area contributed by atoms with E-state index < -0.39 is 29.5 Å². The fourth-order valence-corrected chi connectivity index (χ4v) is 3.13. The molecule has 1 atom stereocenters. The first-order valence-electron chi connectivity index (χ1n) is 7.72. The van der Waals surface area contributed by atoms with Crippen LogP contribution in [0.15, 0.2) is 46.9 Å². The smallest absolute Gasteiger partial charge is 0.253 e. The predicted octanol–water partition coefficient (Wildman–Crippen LogP) is 4.22. The van der Waals surface area contributed by atoms with Crippen LogP contribution >= 0.6 is 27.7 Å². The Balaban J connectivity index is 2.14. The molecular formula is C18H17BrF2N2O2S. The summed E-state index contributed by atoms with van der Waals surface area (Å²) in [5.74, 6) is -1.97. The maximum Gasteiger partial charge on any atom is 0.253 e. The molecule has 0 aromatic heterocycles. The summed E-state index contributed by atoms with van der Waals surface area (Å²) < 4.78 is 27.3. The molecule has 0 radical (unpaired) electrons. The van der Waals surface area contributed by atoms with E-state index in [0.29, 0.717) is 28.3 Å². The first kappa shape index (κ1) is 20.4. The molecule has 138 valence electrons. The molecule has 26 heavy (non-hydrogen) atoms. The lowest BCUT2D eigenvalue weighted by Gasteiger charge is -2.19. The summed E-state index contributed by atoms with van der Waals surface area (Å²) in [5.41, 5.74) is 0.253. The molecule has 0 fully saturated rings. The Bertz CT molecular complexity index is 805. The topological polar surface area (TPSA) is 58.2 Å². The Labute approximate surface area is 162 Å². The van der Waals surface area contributed by atoms with E-state index in [0.717, 1.165) is 12.1 Å². The molecule has 0 saturated heterocycles. The number of halogens is 3. The highest BCUT2D eigenvalue weighted by Gasteiger charge is 2.23. The Morgan fingerprint density at radius 1 is 1.19 bits per heavy atom. The van der Waals surface area contributed by atoms with E-state index in [1.54, 1.807) is 24.3 Å². The fraction of sp³-hybridized carbons (Fsp3) is 0.222. The number of thioether (sulfide) groups is 1. The first-order valence-corrected chi connectivity index (χ1v) is 9.91. The van der Waals surface area contributed by atoms with Crippen molar-refractivity contribution < 1.29 is 18.4 Å². The van der Waals surface area contributed by atoms with Crippen molar-refractivity contribution >= 4 is 45.2 Å². The van der Waals surface area contributed by atoms with Gasteiger partial charge in [0.25, 0.3) is 5.91 Å².